The maximum atomic E-state index is 12.2. The van der Waals surface area contributed by atoms with Gasteiger partial charge >= 0.3 is 6.09 Å². The number of hydrogen-bond acceptors (Lipinski definition) is 4. The molecule has 1 N–H and O–H groups in total. The normalized spacial score (nSPS) is 28.1. The standard InChI is InChI=1S/C18H24N2O4/c1-11(2)16-13-5-6-14(9-13)17(16)19-18(21)24-10-12-3-7-15(8-4-12)20(22)23/h3-4,7-8,11,13-14,16-17H,5-6,9-10H2,1-2H3,(H,19,21)/t13-,14+,16?,17+/m0/s1. The third-order valence-electron chi connectivity index (χ3n) is 5.55. The van der Waals surface area contributed by atoms with Crippen molar-refractivity contribution in [1.82, 2.24) is 5.32 Å². The Labute approximate surface area is 141 Å². The van der Waals surface area contributed by atoms with E-state index >= 15 is 0 Å². The highest BCUT2D eigenvalue weighted by Gasteiger charge is 2.49. The number of hydrogen-bond donors (Lipinski definition) is 1. The number of alkyl carbamates (subject to hydrolysis) is 1. The Morgan fingerprint density at radius 1 is 1.29 bits per heavy atom. The number of nitro benzene ring substituents is 1. The molecule has 24 heavy (non-hydrogen) atoms. The first-order chi connectivity index (χ1) is 11.5. The zero-order valence-electron chi connectivity index (χ0n) is 14.1. The van der Waals surface area contributed by atoms with Crippen molar-refractivity contribution in [1.29, 1.82) is 0 Å². The molecule has 130 valence electrons. The maximum absolute atomic E-state index is 12.2. The van der Waals surface area contributed by atoms with Crippen LogP contribution in [0.15, 0.2) is 24.3 Å². The van der Waals surface area contributed by atoms with E-state index < -0.39 is 11.0 Å². The summed E-state index contributed by atoms with van der Waals surface area (Å²) in [5.41, 5.74) is 0.772. The molecular formula is C18H24N2O4. The maximum Gasteiger partial charge on any atom is 0.407 e. The van der Waals surface area contributed by atoms with E-state index in [1.807, 2.05) is 0 Å². The molecule has 1 amide bonds. The van der Waals surface area contributed by atoms with Gasteiger partial charge in [-0.05, 0) is 60.6 Å². The minimum Gasteiger partial charge on any atom is -0.445 e. The van der Waals surface area contributed by atoms with Gasteiger partial charge in [0, 0.05) is 18.2 Å². The first-order valence-corrected chi connectivity index (χ1v) is 8.62. The van der Waals surface area contributed by atoms with Gasteiger partial charge in [-0.25, -0.2) is 4.79 Å². The largest absolute Gasteiger partial charge is 0.445 e. The van der Waals surface area contributed by atoms with E-state index in [1.54, 1.807) is 12.1 Å². The number of non-ortho nitro benzene ring substituents is 1. The topological polar surface area (TPSA) is 81.5 Å². The molecule has 0 aromatic heterocycles. The van der Waals surface area contributed by atoms with Gasteiger partial charge in [0.25, 0.3) is 5.69 Å². The summed E-state index contributed by atoms with van der Waals surface area (Å²) < 4.78 is 5.31. The third kappa shape index (κ3) is 3.37. The number of amides is 1. The average molecular weight is 332 g/mol. The summed E-state index contributed by atoms with van der Waals surface area (Å²) in [6, 6.07) is 6.27. The molecule has 3 rings (SSSR count). The Balaban J connectivity index is 1.53. The first-order valence-electron chi connectivity index (χ1n) is 8.62. The second-order valence-electron chi connectivity index (χ2n) is 7.32. The van der Waals surface area contributed by atoms with E-state index in [4.69, 9.17) is 4.74 Å². The van der Waals surface area contributed by atoms with Gasteiger partial charge in [-0.15, -0.1) is 0 Å². The second-order valence-corrected chi connectivity index (χ2v) is 7.32. The summed E-state index contributed by atoms with van der Waals surface area (Å²) in [5.74, 6) is 2.40. The summed E-state index contributed by atoms with van der Waals surface area (Å²) in [5, 5.41) is 13.7. The predicted molar refractivity (Wildman–Crippen MR) is 89.4 cm³/mol. The fourth-order valence-corrected chi connectivity index (χ4v) is 4.55. The molecule has 0 radical (unpaired) electrons. The van der Waals surface area contributed by atoms with Crippen LogP contribution >= 0.6 is 0 Å². The molecule has 6 heteroatoms. The fourth-order valence-electron chi connectivity index (χ4n) is 4.55. The minimum atomic E-state index is -0.446. The number of ether oxygens (including phenoxy) is 1. The summed E-state index contributed by atoms with van der Waals surface area (Å²) in [6.07, 6.45) is 3.30. The van der Waals surface area contributed by atoms with E-state index in [-0.39, 0.29) is 18.3 Å². The number of carbonyl (C=O) groups is 1. The number of nitro groups is 1. The number of fused-ring (bicyclic) bond motifs is 2. The minimum absolute atomic E-state index is 0.0324. The molecule has 0 aliphatic heterocycles. The Kier molecular flexibility index (Phi) is 4.73. The molecule has 2 bridgehead atoms. The SMILES string of the molecule is CC(C)C1[C@H]2CC[C@H](C2)[C@H]1NC(=O)OCc1ccc([N+](=O)[O-])cc1. The van der Waals surface area contributed by atoms with Gasteiger partial charge < -0.3 is 10.1 Å². The number of benzene rings is 1. The molecule has 2 fully saturated rings. The van der Waals surface area contributed by atoms with Crippen molar-refractivity contribution in [3.63, 3.8) is 0 Å². The van der Waals surface area contributed by atoms with Crippen molar-refractivity contribution >= 4 is 11.8 Å². The molecule has 1 aromatic rings. The molecule has 4 atom stereocenters. The molecular weight excluding hydrogens is 308 g/mol. The molecule has 2 aliphatic rings. The monoisotopic (exact) mass is 332 g/mol. The first kappa shape index (κ1) is 16.7. The van der Waals surface area contributed by atoms with Crippen molar-refractivity contribution in [3.8, 4) is 0 Å². The van der Waals surface area contributed by atoms with E-state index in [9.17, 15) is 14.9 Å². The van der Waals surface area contributed by atoms with Gasteiger partial charge in [0.15, 0.2) is 0 Å². The average Bonchev–Trinajstić information content (AvgIpc) is 3.14. The van der Waals surface area contributed by atoms with Crippen molar-refractivity contribution < 1.29 is 14.5 Å². The Hall–Kier alpha value is -2.11. The van der Waals surface area contributed by atoms with Gasteiger partial charge in [0.05, 0.1) is 4.92 Å². The van der Waals surface area contributed by atoms with Crippen LogP contribution in [0, 0.1) is 33.8 Å². The van der Waals surface area contributed by atoms with Crippen LogP contribution < -0.4 is 5.32 Å². The highest BCUT2D eigenvalue weighted by Crippen LogP contribution is 2.51. The number of rotatable bonds is 5. The van der Waals surface area contributed by atoms with Crippen LogP contribution in [0.5, 0.6) is 0 Å². The Morgan fingerprint density at radius 2 is 1.96 bits per heavy atom. The highest BCUT2D eigenvalue weighted by atomic mass is 16.6. The van der Waals surface area contributed by atoms with Crippen LogP contribution in [0.1, 0.15) is 38.7 Å². The van der Waals surface area contributed by atoms with Gasteiger partial charge in [0.1, 0.15) is 6.61 Å². The van der Waals surface area contributed by atoms with Crippen LogP contribution in [0.25, 0.3) is 0 Å². The van der Waals surface area contributed by atoms with Crippen LogP contribution in [0.4, 0.5) is 10.5 Å². The number of nitrogens with zero attached hydrogens (tertiary/aromatic N) is 1. The summed E-state index contributed by atoms with van der Waals surface area (Å²) in [6.45, 7) is 4.57. The molecule has 1 aromatic carbocycles. The van der Waals surface area contributed by atoms with Crippen LogP contribution in [-0.2, 0) is 11.3 Å². The fraction of sp³-hybridized carbons (Fsp3) is 0.611. The number of nitrogens with one attached hydrogen (secondary N) is 1. The van der Waals surface area contributed by atoms with E-state index in [0.717, 1.165) is 11.5 Å². The van der Waals surface area contributed by atoms with Gasteiger partial charge in [-0.3, -0.25) is 10.1 Å². The van der Waals surface area contributed by atoms with Crippen molar-refractivity contribution in [2.24, 2.45) is 23.7 Å². The number of carbonyl (C=O) groups excluding carboxylic acids is 1. The van der Waals surface area contributed by atoms with E-state index in [1.165, 1.54) is 31.4 Å². The zero-order valence-corrected chi connectivity index (χ0v) is 14.1. The lowest BCUT2D eigenvalue weighted by Crippen LogP contribution is -2.45. The molecule has 1 unspecified atom stereocenters. The highest BCUT2D eigenvalue weighted by molar-refractivity contribution is 5.67. The molecule has 6 nitrogen and oxygen atoms in total. The lowest BCUT2D eigenvalue weighted by atomic mass is 9.77. The van der Waals surface area contributed by atoms with Crippen LogP contribution in [0.2, 0.25) is 0 Å². The van der Waals surface area contributed by atoms with Crippen LogP contribution in [0.3, 0.4) is 0 Å². The zero-order chi connectivity index (χ0) is 17.3. The molecule has 0 saturated heterocycles. The van der Waals surface area contributed by atoms with Gasteiger partial charge in [-0.1, -0.05) is 13.8 Å². The summed E-state index contributed by atoms with van der Waals surface area (Å²) >= 11 is 0. The molecule has 2 aliphatic carbocycles. The molecule has 0 heterocycles. The smallest absolute Gasteiger partial charge is 0.407 e. The molecule has 2 saturated carbocycles. The lowest BCUT2D eigenvalue weighted by Gasteiger charge is -2.34. The van der Waals surface area contributed by atoms with Gasteiger partial charge in [-0.2, -0.15) is 0 Å². The Morgan fingerprint density at radius 3 is 2.58 bits per heavy atom. The van der Waals surface area contributed by atoms with Crippen molar-refractivity contribution in [2.75, 3.05) is 0 Å². The third-order valence-corrected chi connectivity index (χ3v) is 5.55. The predicted octanol–water partition coefficient (Wildman–Crippen LogP) is 3.89. The summed E-state index contributed by atoms with van der Waals surface area (Å²) in [7, 11) is 0. The van der Waals surface area contributed by atoms with Crippen molar-refractivity contribution in [3.05, 3.63) is 39.9 Å². The van der Waals surface area contributed by atoms with E-state index in [0.29, 0.717) is 17.8 Å². The van der Waals surface area contributed by atoms with Crippen LogP contribution in [-0.4, -0.2) is 17.1 Å². The van der Waals surface area contributed by atoms with E-state index in [2.05, 4.69) is 19.2 Å². The van der Waals surface area contributed by atoms with Crippen molar-refractivity contribution in [2.45, 2.75) is 45.8 Å². The second kappa shape index (κ2) is 6.79. The Bertz CT molecular complexity index is 614. The lowest BCUT2D eigenvalue weighted by molar-refractivity contribution is -0.384. The molecule has 0 spiro atoms. The van der Waals surface area contributed by atoms with Gasteiger partial charge in [0.2, 0.25) is 0 Å². The quantitative estimate of drug-likeness (QED) is 0.655. The summed E-state index contributed by atoms with van der Waals surface area (Å²) in [4.78, 5) is 22.3.